The maximum Gasteiger partial charge on any atom is 0.304 e. The largest absolute Gasteiger partial charge is 0.493 e. The van der Waals surface area contributed by atoms with Crippen molar-refractivity contribution in [3.05, 3.63) is 70.8 Å². The SMILES string of the molecule is Cc1cc(OCCN2CCS(O)(O)CC2)cc2c1-c1cc(COc3ccc4c(c3)OC[C@H]4CC(=O)O)ccc1OCC2. The van der Waals surface area contributed by atoms with Gasteiger partial charge in [0.05, 0.1) is 31.1 Å². The number of aryl methyl sites for hydroxylation is 1. The molecule has 9 nitrogen and oxygen atoms in total. The summed E-state index contributed by atoms with van der Waals surface area (Å²) >= 11 is 0. The Morgan fingerprint density at radius 2 is 1.83 bits per heavy atom. The van der Waals surface area contributed by atoms with Crippen molar-refractivity contribution in [2.24, 2.45) is 0 Å². The highest BCUT2D eigenvalue weighted by molar-refractivity contribution is 8.24. The third-order valence-electron chi connectivity index (χ3n) is 8.17. The fourth-order valence-corrected chi connectivity index (χ4v) is 7.23. The van der Waals surface area contributed by atoms with Crippen LogP contribution in [0.15, 0.2) is 48.5 Å². The van der Waals surface area contributed by atoms with E-state index in [-0.39, 0.29) is 12.3 Å². The molecule has 0 aromatic heterocycles. The van der Waals surface area contributed by atoms with Gasteiger partial charge in [-0.1, -0.05) is 12.1 Å². The lowest BCUT2D eigenvalue weighted by molar-refractivity contribution is -0.137. The predicted octanol–water partition coefficient (Wildman–Crippen LogP) is 5.57. The number of hydrogen-bond donors (Lipinski definition) is 3. The van der Waals surface area contributed by atoms with E-state index in [9.17, 15) is 13.9 Å². The highest BCUT2D eigenvalue weighted by Crippen LogP contribution is 2.42. The topological polar surface area (TPSA) is 118 Å². The Kier molecular flexibility index (Phi) is 8.22. The van der Waals surface area contributed by atoms with Crippen molar-refractivity contribution in [2.45, 2.75) is 32.3 Å². The van der Waals surface area contributed by atoms with E-state index in [0.717, 1.165) is 52.3 Å². The van der Waals surface area contributed by atoms with Gasteiger partial charge in [0, 0.05) is 49.2 Å². The number of carboxylic acids is 1. The molecule has 0 aliphatic carbocycles. The van der Waals surface area contributed by atoms with E-state index in [1.165, 1.54) is 5.56 Å². The Morgan fingerprint density at radius 3 is 2.64 bits per heavy atom. The maximum absolute atomic E-state index is 11.1. The van der Waals surface area contributed by atoms with Gasteiger partial charge in [-0.2, -0.15) is 10.6 Å². The molecule has 1 saturated heterocycles. The lowest BCUT2D eigenvalue weighted by Gasteiger charge is -2.40. The molecule has 42 heavy (non-hydrogen) atoms. The highest BCUT2D eigenvalue weighted by atomic mass is 32.3. The molecule has 3 aromatic rings. The first kappa shape index (κ1) is 28.7. The summed E-state index contributed by atoms with van der Waals surface area (Å²) < 4.78 is 43.8. The van der Waals surface area contributed by atoms with Crippen LogP contribution in [-0.4, -0.2) is 76.0 Å². The van der Waals surface area contributed by atoms with Gasteiger partial charge in [-0.15, -0.1) is 0 Å². The molecule has 1 fully saturated rings. The summed E-state index contributed by atoms with van der Waals surface area (Å²) in [5.41, 5.74) is 6.41. The number of carbonyl (C=O) groups is 1. The Morgan fingerprint density at radius 1 is 1.00 bits per heavy atom. The van der Waals surface area contributed by atoms with Crippen LogP contribution in [0.2, 0.25) is 0 Å². The second-order valence-electron chi connectivity index (χ2n) is 11.2. The Labute approximate surface area is 247 Å². The summed E-state index contributed by atoms with van der Waals surface area (Å²) in [4.78, 5) is 13.3. The number of nitrogens with zero attached hydrogens (tertiary/aromatic N) is 1. The predicted molar refractivity (Wildman–Crippen MR) is 162 cm³/mol. The van der Waals surface area contributed by atoms with Gasteiger partial charge in [-0.3, -0.25) is 18.8 Å². The molecule has 3 aliphatic rings. The Bertz CT molecular complexity index is 1470. The number of fused-ring (bicyclic) bond motifs is 4. The van der Waals surface area contributed by atoms with Gasteiger partial charge < -0.3 is 24.1 Å². The van der Waals surface area contributed by atoms with Gasteiger partial charge in [-0.05, 0) is 59.5 Å². The van der Waals surface area contributed by atoms with Crippen LogP contribution >= 0.6 is 10.6 Å². The first-order valence-electron chi connectivity index (χ1n) is 14.3. The highest BCUT2D eigenvalue weighted by Gasteiger charge is 2.27. The van der Waals surface area contributed by atoms with Crippen LogP contribution in [0.3, 0.4) is 0 Å². The van der Waals surface area contributed by atoms with E-state index >= 15 is 0 Å². The van der Waals surface area contributed by atoms with E-state index in [4.69, 9.17) is 24.1 Å². The van der Waals surface area contributed by atoms with Gasteiger partial charge in [0.15, 0.2) is 0 Å². The van der Waals surface area contributed by atoms with Gasteiger partial charge in [0.1, 0.15) is 36.2 Å². The van der Waals surface area contributed by atoms with Crippen LogP contribution in [0.25, 0.3) is 11.1 Å². The molecule has 0 radical (unpaired) electrons. The fourth-order valence-electron chi connectivity index (χ4n) is 5.92. The van der Waals surface area contributed by atoms with Crippen LogP contribution in [0.5, 0.6) is 23.0 Å². The molecule has 0 bridgehead atoms. The van der Waals surface area contributed by atoms with Crippen molar-refractivity contribution >= 4 is 16.6 Å². The zero-order valence-electron chi connectivity index (χ0n) is 23.7. The number of benzene rings is 3. The van der Waals surface area contributed by atoms with Crippen LogP contribution in [-0.2, 0) is 17.8 Å². The quantitative estimate of drug-likeness (QED) is 0.292. The third kappa shape index (κ3) is 6.47. The summed E-state index contributed by atoms with van der Waals surface area (Å²) in [7, 11) is -2.39. The molecule has 1 atom stereocenters. The lowest BCUT2D eigenvalue weighted by atomic mass is 9.92. The minimum atomic E-state index is -2.39. The van der Waals surface area contributed by atoms with Crippen molar-refractivity contribution in [1.82, 2.24) is 4.90 Å². The summed E-state index contributed by atoms with van der Waals surface area (Å²) in [6, 6.07) is 15.9. The molecule has 3 heterocycles. The smallest absolute Gasteiger partial charge is 0.304 e. The molecule has 3 N–H and O–H groups in total. The molecule has 0 saturated carbocycles. The van der Waals surface area contributed by atoms with E-state index in [1.807, 2.05) is 30.3 Å². The summed E-state index contributed by atoms with van der Waals surface area (Å²) in [6.07, 6.45) is 0.825. The van der Waals surface area contributed by atoms with Crippen molar-refractivity contribution in [1.29, 1.82) is 0 Å². The number of ether oxygens (including phenoxy) is 4. The average molecular weight is 596 g/mol. The number of rotatable bonds is 9. The van der Waals surface area contributed by atoms with E-state index in [0.29, 0.717) is 62.5 Å². The summed E-state index contributed by atoms with van der Waals surface area (Å²) in [6.45, 7) is 6.08. The van der Waals surface area contributed by atoms with E-state index in [2.05, 4.69) is 30.0 Å². The molecular weight excluding hydrogens is 558 g/mol. The minimum Gasteiger partial charge on any atom is -0.493 e. The van der Waals surface area contributed by atoms with Crippen molar-refractivity contribution in [3.8, 4) is 34.1 Å². The molecule has 3 aliphatic heterocycles. The van der Waals surface area contributed by atoms with Gasteiger partial charge in [-0.25, -0.2) is 0 Å². The van der Waals surface area contributed by atoms with Gasteiger partial charge >= 0.3 is 5.97 Å². The molecular formula is C32H37NO8S. The van der Waals surface area contributed by atoms with Crippen LogP contribution in [0, 0.1) is 6.92 Å². The third-order valence-corrected chi connectivity index (χ3v) is 9.84. The number of hydrogen-bond acceptors (Lipinski definition) is 8. The molecule has 0 amide bonds. The monoisotopic (exact) mass is 595 g/mol. The first-order chi connectivity index (χ1) is 20.2. The second-order valence-corrected chi connectivity index (χ2v) is 13.6. The van der Waals surface area contributed by atoms with Gasteiger partial charge in [0.25, 0.3) is 0 Å². The molecule has 3 aromatic carbocycles. The van der Waals surface area contributed by atoms with Gasteiger partial charge in [0.2, 0.25) is 0 Å². The van der Waals surface area contributed by atoms with E-state index < -0.39 is 16.6 Å². The van der Waals surface area contributed by atoms with E-state index in [1.54, 1.807) is 0 Å². The summed E-state index contributed by atoms with van der Waals surface area (Å²) in [5, 5.41) is 9.14. The molecule has 0 unspecified atom stereocenters. The van der Waals surface area contributed by atoms with Crippen LogP contribution in [0.1, 0.15) is 34.6 Å². The maximum atomic E-state index is 11.1. The Hall–Kier alpha value is -3.44. The number of carboxylic acid groups (broad SMARTS) is 1. The fraction of sp³-hybridized carbons (Fsp3) is 0.406. The normalized spacial score (nSPS) is 19.7. The van der Waals surface area contributed by atoms with Crippen molar-refractivity contribution in [3.63, 3.8) is 0 Å². The lowest BCUT2D eigenvalue weighted by Crippen LogP contribution is -2.40. The molecule has 10 heteroatoms. The average Bonchev–Trinajstić information content (AvgIpc) is 3.24. The molecule has 0 spiro atoms. The minimum absolute atomic E-state index is 0.0512. The first-order valence-corrected chi connectivity index (χ1v) is 16.2. The van der Waals surface area contributed by atoms with Crippen molar-refractivity contribution in [2.75, 3.05) is 51.0 Å². The van der Waals surface area contributed by atoms with Crippen molar-refractivity contribution < 1.29 is 38.0 Å². The second kappa shape index (κ2) is 12.0. The number of aliphatic carboxylic acids is 1. The standard InChI is InChI=1S/C32H37NO8S/c1-21-14-26(38-11-7-33-8-12-42(36,37)13-9-33)16-23-6-10-39-29-5-2-22(15-28(29)32(21)23)19-40-25-3-4-27-24(17-31(34)35)20-41-30(27)18-25/h2-5,14-16,18,24,36-37H,6-13,17,19-20H2,1H3,(H,34,35)/t24-/m1/s1. The zero-order chi connectivity index (χ0) is 29.3. The molecule has 6 rings (SSSR count). The zero-order valence-corrected chi connectivity index (χ0v) is 24.5. The Balaban J connectivity index is 1.13. The molecule has 224 valence electrons. The summed E-state index contributed by atoms with van der Waals surface area (Å²) in [5.74, 6) is 2.95. The van der Waals surface area contributed by atoms with Crippen LogP contribution < -0.4 is 18.9 Å². The van der Waals surface area contributed by atoms with Crippen LogP contribution in [0.4, 0.5) is 0 Å².